The molecule has 0 radical (unpaired) electrons. The second-order valence-corrected chi connectivity index (χ2v) is 5.65. The van der Waals surface area contributed by atoms with Gasteiger partial charge in [0.2, 0.25) is 0 Å². The summed E-state index contributed by atoms with van der Waals surface area (Å²) in [6.07, 6.45) is 0.867. The number of para-hydroxylation sites is 1. The average Bonchev–Trinajstić information content (AvgIpc) is 2.64. The van der Waals surface area contributed by atoms with Crippen molar-refractivity contribution in [1.29, 1.82) is 0 Å². The number of benzene rings is 2. The Morgan fingerprint density at radius 2 is 1.67 bits per heavy atom. The fraction of sp³-hybridized carbons (Fsp3) is 0.316. The number of rotatable bonds is 8. The van der Waals surface area contributed by atoms with Crippen molar-refractivity contribution in [3.63, 3.8) is 0 Å². The topological polar surface area (TPSA) is 64.6 Å². The lowest BCUT2D eigenvalue weighted by Crippen LogP contribution is -2.36. The molecule has 5 nitrogen and oxygen atoms in total. The zero-order chi connectivity index (χ0) is 17.2. The van der Waals surface area contributed by atoms with E-state index in [4.69, 9.17) is 0 Å². The first kappa shape index (κ1) is 17.8. The molecule has 2 aromatic rings. The second-order valence-electron chi connectivity index (χ2n) is 5.65. The molecule has 128 valence electrons. The molecule has 0 bridgehead atoms. The highest BCUT2D eigenvalue weighted by atomic mass is 16.3. The molecule has 24 heavy (non-hydrogen) atoms. The third kappa shape index (κ3) is 5.59. The van der Waals surface area contributed by atoms with Crippen molar-refractivity contribution in [1.82, 2.24) is 10.6 Å². The van der Waals surface area contributed by atoms with E-state index >= 15 is 0 Å². The lowest BCUT2D eigenvalue weighted by molar-refractivity contribution is 0.240. The summed E-state index contributed by atoms with van der Waals surface area (Å²) in [6.45, 7) is 1.88. The quantitative estimate of drug-likeness (QED) is 0.653. The number of urea groups is 1. The highest BCUT2D eigenvalue weighted by molar-refractivity contribution is 5.73. The Bertz CT molecular complexity index is 632. The van der Waals surface area contributed by atoms with Gasteiger partial charge in [-0.3, -0.25) is 0 Å². The molecule has 0 saturated heterocycles. The smallest absolute Gasteiger partial charge is 0.315 e. The molecule has 0 aliphatic carbocycles. The maximum Gasteiger partial charge on any atom is 0.315 e. The summed E-state index contributed by atoms with van der Waals surface area (Å²) in [7, 11) is 2.04. The van der Waals surface area contributed by atoms with Gasteiger partial charge in [0.25, 0.3) is 0 Å². The lowest BCUT2D eigenvalue weighted by atomic mass is 10.1. The number of hydrogen-bond acceptors (Lipinski definition) is 3. The van der Waals surface area contributed by atoms with Crippen LogP contribution >= 0.6 is 0 Å². The number of carbonyl (C=O) groups is 1. The number of hydrogen-bond donors (Lipinski definition) is 3. The average molecular weight is 327 g/mol. The Morgan fingerprint density at radius 3 is 2.38 bits per heavy atom. The van der Waals surface area contributed by atoms with Gasteiger partial charge in [-0.15, -0.1) is 0 Å². The summed E-state index contributed by atoms with van der Waals surface area (Å²) < 4.78 is 0. The predicted molar refractivity (Wildman–Crippen MR) is 96.9 cm³/mol. The maximum atomic E-state index is 11.8. The number of carbonyl (C=O) groups excluding carboxylic acids is 1. The van der Waals surface area contributed by atoms with Crippen LogP contribution in [-0.4, -0.2) is 31.3 Å². The van der Waals surface area contributed by atoms with E-state index in [1.54, 1.807) is 0 Å². The van der Waals surface area contributed by atoms with E-state index in [1.165, 1.54) is 5.69 Å². The lowest BCUT2D eigenvalue weighted by Gasteiger charge is -2.19. The third-order valence-electron chi connectivity index (χ3n) is 3.88. The van der Waals surface area contributed by atoms with Crippen molar-refractivity contribution < 1.29 is 9.90 Å². The molecule has 5 heteroatoms. The number of nitrogens with zero attached hydrogens (tertiary/aromatic N) is 1. The summed E-state index contributed by atoms with van der Waals surface area (Å²) in [5.41, 5.74) is 2.93. The van der Waals surface area contributed by atoms with E-state index in [-0.39, 0.29) is 12.6 Å². The molecule has 2 amide bonds. The van der Waals surface area contributed by atoms with E-state index in [1.807, 2.05) is 49.5 Å². The molecular weight excluding hydrogens is 302 g/mol. The van der Waals surface area contributed by atoms with Crippen LogP contribution in [0.2, 0.25) is 0 Å². The summed E-state index contributed by atoms with van der Waals surface area (Å²) in [5.74, 6) is 0. The Kier molecular flexibility index (Phi) is 7.11. The van der Waals surface area contributed by atoms with Crippen molar-refractivity contribution in [2.24, 2.45) is 0 Å². The molecule has 0 spiro atoms. The van der Waals surface area contributed by atoms with E-state index in [0.717, 1.165) is 24.1 Å². The zero-order valence-corrected chi connectivity index (χ0v) is 14.0. The zero-order valence-electron chi connectivity index (χ0n) is 14.0. The van der Waals surface area contributed by atoms with Crippen molar-refractivity contribution >= 4 is 11.7 Å². The van der Waals surface area contributed by atoms with Gasteiger partial charge in [0.05, 0.1) is 6.61 Å². The molecule has 0 saturated carbocycles. The highest BCUT2D eigenvalue weighted by Crippen LogP contribution is 2.10. The number of aliphatic hydroxyl groups is 1. The normalized spacial score (nSPS) is 10.2. The standard InChI is InChI=1S/C19H25N3O2/c1-22(18-10-3-2-4-11-18)13-7-12-20-19(24)21-14-16-8-5-6-9-17(16)15-23/h2-6,8-11,23H,7,12-15H2,1H3,(H2,20,21,24). The van der Waals surface area contributed by atoms with E-state index in [2.05, 4.69) is 27.7 Å². The van der Waals surface area contributed by atoms with E-state index in [0.29, 0.717) is 13.1 Å². The van der Waals surface area contributed by atoms with E-state index < -0.39 is 0 Å². The van der Waals surface area contributed by atoms with Crippen LogP contribution in [0.4, 0.5) is 10.5 Å². The molecule has 0 unspecified atom stereocenters. The van der Waals surface area contributed by atoms with Crippen LogP contribution < -0.4 is 15.5 Å². The molecule has 0 aromatic heterocycles. The van der Waals surface area contributed by atoms with Crippen LogP contribution in [0, 0.1) is 0 Å². The van der Waals surface area contributed by atoms with Crippen molar-refractivity contribution in [3.05, 3.63) is 65.7 Å². The minimum Gasteiger partial charge on any atom is -0.392 e. The first-order valence-corrected chi connectivity index (χ1v) is 8.16. The van der Waals surface area contributed by atoms with Gasteiger partial charge in [0, 0.05) is 32.4 Å². The fourth-order valence-corrected chi connectivity index (χ4v) is 2.45. The van der Waals surface area contributed by atoms with Gasteiger partial charge in [0.15, 0.2) is 0 Å². The Hall–Kier alpha value is -2.53. The highest BCUT2D eigenvalue weighted by Gasteiger charge is 2.04. The first-order chi connectivity index (χ1) is 11.7. The first-order valence-electron chi connectivity index (χ1n) is 8.16. The summed E-state index contributed by atoms with van der Waals surface area (Å²) >= 11 is 0. The molecule has 0 heterocycles. The number of amides is 2. The van der Waals surface area contributed by atoms with E-state index in [9.17, 15) is 9.90 Å². The Labute approximate surface area is 143 Å². The largest absolute Gasteiger partial charge is 0.392 e. The minimum absolute atomic E-state index is 0.0225. The summed E-state index contributed by atoms with van der Waals surface area (Å²) in [5, 5.41) is 14.9. The summed E-state index contributed by atoms with van der Waals surface area (Å²) in [4.78, 5) is 14.0. The molecule has 0 fully saturated rings. The Morgan fingerprint density at radius 1 is 1.00 bits per heavy atom. The van der Waals surface area contributed by atoms with Gasteiger partial charge >= 0.3 is 6.03 Å². The van der Waals surface area contributed by atoms with Crippen LogP contribution in [-0.2, 0) is 13.2 Å². The van der Waals surface area contributed by atoms with Crippen molar-refractivity contribution in [2.45, 2.75) is 19.6 Å². The third-order valence-corrected chi connectivity index (χ3v) is 3.88. The molecule has 0 aliphatic heterocycles. The molecular formula is C19H25N3O2. The van der Waals surface area contributed by atoms with Crippen LogP contribution in [0.3, 0.4) is 0 Å². The number of aliphatic hydroxyl groups excluding tert-OH is 1. The predicted octanol–water partition coefficient (Wildman–Crippen LogP) is 2.50. The summed E-state index contributed by atoms with van der Waals surface area (Å²) in [6, 6.07) is 17.5. The van der Waals surface area contributed by atoms with Gasteiger partial charge in [-0.05, 0) is 29.7 Å². The molecule has 3 N–H and O–H groups in total. The van der Waals surface area contributed by atoms with Crippen LogP contribution in [0.15, 0.2) is 54.6 Å². The van der Waals surface area contributed by atoms with Gasteiger partial charge in [-0.1, -0.05) is 42.5 Å². The number of anilines is 1. The van der Waals surface area contributed by atoms with Gasteiger partial charge < -0.3 is 20.6 Å². The van der Waals surface area contributed by atoms with Crippen LogP contribution in [0.25, 0.3) is 0 Å². The minimum atomic E-state index is -0.190. The van der Waals surface area contributed by atoms with Crippen LogP contribution in [0.5, 0.6) is 0 Å². The molecule has 0 atom stereocenters. The van der Waals surface area contributed by atoms with Crippen molar-refractivity contribution in [3.8, 4) is 0 Å². The fourth-order valence-electron chi connectivity index (χ4n) is 2.45. The van der Waals surface area contributed by atoms with Gasteiger partial charge in [0.1, 0.15) is 0 Å². The van der Waals surface area contributed by atoms with Gasteiger partial charge in [-0.25, -0.2) is 4.79 Å². The number of nitrogens with one attached hydrogen (secondary N) is 2. The van der Waals surface area contributed by atoms with Crippen LogP contribution in [0.1, 0.15) is 17.5 Å². The van der Waals surface area contributed by atoms with Crippen molar-refractivity contribution in [2.75, 3.05) is 25.0 Å². The maximum absolute atomic E-state index is 11.8. The molecule has 0 aliphatic rings. The second kappa shape index (κ2) is 9.57. The molecule has 2 aromatic carbocycles. The molecule has 2 rings (SSSR count). The monoisotopic (exact) mass is 327 g/mol. The SMILES string of the molecule is CN(CCCNC(=O)NCc1ccccc1CO)c1ccccc1. The van der Waals surface area contributed by atoms with Gasteiger partial charge in [-0.2, -0.15) is 0 Å². The Balaban J connectivity index is 1.65.